The zero-order chi connectivity index (χ0) is 25.4. The third kappa shape index (κ3) is 5.37. The Bertz CT molecular complexity index is 1310. The minimum absolute atomic E-state index is 0.124. The van der Waals surface area contributed by atoms with E-state index in [-0.39, 0.29) is 16.2 Å². The second-order valence-corrected chi connectivity index (χ2v) is 12.6. The third-order valence-corrected chi connectivity index (χ3v) is 8.56. The van der Waals surface area contributed by atoms with Crippen molar-refractivity contribution < 1.29 is 13.2 Å². The summed E-state index contributed by atoms with van der Waals surface area (Å²) in [5, 5.41) is 2.66. The first-order chi connectivity index (χ1) is 16.5. The quantitative estimate of drug-likeness (QED) is 0.475. The molecular formula is C27H36N4O3S. The van der Waals surface area contributed by atoms with Crippen LogP contribution in [-0.4, -0.2) is 30.9 Å². The lowest BCUT2D eigenvalue weighted by Crippen LogP contribution is -2.26. The van der Waals surface area contributed by atoms with Gasteiger partial charge in [-0.2, -0.15) is 0 Å². The molecule has 7 nitrogen and oxygen atoms in total. The SMILES string of the molecule is CC(=O)Nc1ccc(S(=O)(=O)N(C)c2ccc3c(c2)nc(C(C)(C)C)n3CC2CCCCC2)cc1. The Morgan fingerprint density at radius 3 is 2.34 bits per heavy atom. The molecule has 0 saturated heterocycles. The van der Waals surface area contributed by atoms with E-state index in [0.29, 0.717) is 17.3 Å². The number of nitrogens with one attached hydrogen (secondary N) is 1. The second kappa shape index (κ2) is 9.64. The minimum atomic E-state index is -3.77. The molecule has 3 aromatic rings. The highest BCUT2D eigenvalue weighted by molar-refractivity contribution is 7.92. The molecule has 1 amide bonds. The first-order valence-electron chi connectivity index (χ1n) is 12.3. The molecule has 188 valence electrons. The Morgan fingerprint density at radius 1 is 1.09 bits per heavy atom. The van der Waals surface area contributed by atoms with Crippen LogP contribution in [0.5, 0.6) is 0 Å². The number of anilines is 2. The molecule has 1 saturated carbocycles. The molecule has 0 radical (unpaired) electrons. The van der Waals surface area contributed by atoms with Crippen molar-refractivity contribution in [1.82, 2.24) is 9.55 Å². The number of carbonyl (C=O) groups is 1. The molecule has 1 fully saturated rings. The fourth-order valence-electron chi connectivity index (χ4n) is 4.91. The number of benzene rings is 2. The molecule has 1 heterocycles. The van der Waals surface area contributed by atoms with Crippen molar-refractivity contribution in [2.45, 2.75) is 76.7 Å². The summed E-state index contributed by atoms with van der Waals surface area (Å²) in [6, 6.07) is 11.9. The molecule has 0 unspecified atom stereocenters. The molecule has 0 spiro atoms. The summed E-state index contributed by atoms with van der Waals surface area (Å²) in [5.74, 6) is 1.49. The molecule has 1 aliphatic rings. The molecule has 0 bridgehead atoms. The maximum atomic E-state index is 13.3. The molecular weight excluding hydrogens is 460 g/mol. The van der Waals surface area contributed by atoms with Gasteiger partial charge in [0.05, 0.1) is 21.6 Å². The summed E-state index contributed by atoms with van der Waals surface area (Å²) in [5.41, 5.74) is 2.85. The summed E-state index contributed by atoms with van der Waals surface area (Å²) in [6.45, 7) is 8.89. The van der Waals surface area contributed by atoms with Crippen molar-refractivity contribution in [3.63, 3.8) is 0 Å². The molecule has 1 aliphatic carbocycles. The van der Waals surface area contributed by atoms with Crippen LogP contribution in [0.2, 0.25) is 0 Å². The lowest BCUT2D eigenvalue weighted by Gasteiger charge is -2.26. The molecule has 2 aromatic carbocycles. The molecule has 4 rings (SSSR count). The summed E-state index contributed by atoms with van der Waals surface area (Å²) >= 11 is 0. The van der Waals surface area contributed by atoms with Gasteiger partial charge in [-0.15, -0.1) is 0 Å². The van der Waals surface area contributed by atoms with Gasteiger partial charge in [-0.1, -0.05) is 40.0 Å². The van der Waals surface area contributed by atoms with Gasteiger partial charge in [0.2, 0.25) is 5.91 Å². The fraction of sp³-hybridized carbons (Fsp3) is 0.481. The van der Waals surface area contributed by atoms with Crippen molar-refractivity contribution in [3.8, 4) is 0 Å². The van der Waals surface area contributed by atoms with Crippen LogP contribution in [0, 0.1) is 5.92 Å². The van der Waals surface area contributed by atoms with Gasteiger partial charge in [0, 0.05) is 31.6 Å². The standard InChI is InChI=1S/C27H36N4O3S/c1-19(32)28-21-11-14-23(15-12-21)35(33,34)30(5)22-13-16-25-24(17-22)29-26(27(2,3)4)31(25)18-20-9-7-6-8-10-20/h11-17,20H,6-10,18H2,1-5H3,(H,28,32). The van der Waals surface area contributed by atoms with Gasteiger partial charge in [0.15, 0.2) is 0 Å². The molecule has 0 atom stereocenters. The van der Waals surface area contributed by atoms with Crippen LogP contribution in [-0.2, 0) is 26.8 Å². The number of carbonyl (C=O) groups excluding carboxylic acids is 1. The summed E-state index contributed by atoms with van der Waals surface area (Å²) < 4.78 is 30.3. The van der Waals surface area contributed by atoms with E-state index in [1.807, 2.05) is 18.2 Å². The summed E-state index contributed by atoms with van der Waals surface area (Å²) in [6.07, 6.45) is 6.42. The van der Waals surface area contributed by atoms with Gasteiger partial charge in [0.25, 0.3) is 10.0 Å². The average Bonchev–Trinajstić information content (AvgIpc) is 3.17. The normalized spacial score (nSPS) is 15.3. The number of imidazole rings is 1. The van der Waals surface area contributed by atoms with Gasteiger partial charge in [-0.05, 0) is 61.2 Å². The number of hydrogen-bond acceptors (Lipinski definition) is 4. The topological polar surface area (TPSA) is 84.3 Å². The molecule has 1 aromatic heterocycles. The van der Waals surface area contributed by atoms with Gasteiger partial charge < -0.3 is 9.88 Å². The summed E-state index contributed by atoms with van der Waals surface area (Å²) in [4.78, 5) is 16.4. The van der Waals surface area contributed by atoms with Crippen molar-refractivity contribution in [1.29, 1.82) is 0 Å². The maximum absolute atomic E-state index is 13.3. The molecule has 8 heteroatoms. The Balaban J connectivity index is 1.67. The smallest absolute Gasteiger partial charge is 0.264 e. The van der Waals surface area contributed by atoms with E-state index >= 15 is 0 Å². The number of amides is 1. The van der Waals surface area contributed by atoms with Crippen LogP contribution in [0.1, 0.15) is 65.6 Å². The van der Waals surface area contributed by atoms with Crippen LogP contribution in [0.3, 0.4) is 0 Å². The monoisotopic (exact) mass is 496 g/mol. The fourth-order valence-corrected chi connectivity index (χ4v) is 6.10. The highest BCUT2D eigenvalue weighted by Crippen LogP contribution is 2.33. The van der Waals surface area contributed by atoms with E-state index in [1.54, 1.807) is 19.2 Å². The van der Waals surface area contributed by atoms with Crippen LogP contribution in [0.25, 0.3) is 11.0 Å². The number of sulfonamides is 1. The number of fused-ring (bicyclic) bond motifs is 1. The van der Waals surface area contributed by atoms with Crippen LogP contribution < -0.4 is 9.62 Å². The summed E-state index contributed by atoms with van der Waals surface area (Å²) in [7, 11) is -2.22. The predicted molar refractivity (Wildman–Crippen MR) is 141 cm³/mol. The Kier molecular flexibility index (Phi) is 6.95. The van der Waals surface area contributed by atoms with Gasteiger partial charge >= 0.3 is 0 Å². The Labute approximate surface area is 208 Å². The second-order valence-electron chi connectivity index (χ2n) is 10.7. The van der Waals surface area contributed by atoms with Crippen molar-refractivity contribution in [3.05, 3.63) is 48.3 Å². The molecule has 1 N–H and O–H groups in total. The number of aromatic nitrogens is 2. The number of rotatable bonds is 6. The van der Waals surface area contributed by atoms with E-state index in [1.165, 1.54) is 55.5 Å². The van der Waals surface area contributed by atoms with E-state index in [2.05, 4.69) is 30.7 Å². The van der Waals surface area contributed by atoms with Crippen LogP contribution in [0.15, 0.2) is 47.4 Å². The van der Waals surface area contributed by atoms with Crippen LogP contribution >= 0.6 is 0 Å². The van der Waals surface area contributed by atoms with Gasteiger partial charge in [-0.25, -0.2) is 13.4 Å². The zero-order valence-corrected chi connectivity index (χ0v) is 22.2. The Hall–Kier alpha value is -2.87. The Morgan fingerprint density at radius 2 is 1.74 bits per heavy atom. The van der Waals surface area contributed by atoms with E-state index in [4.69, 9.17) is 4.98 Å². The van der Waals surface area contributed by atoms with Crippen molar-refractivity contribution in [2.75, 3.05) is 16.7 Å². The van der Waals surface area contributed by atoms with E-state index in [0.717, 1.165) is 23.4 Å². The maximum Gasteiger partial charge on any atom is 0.264 e. The third-order valence-electron chi connectivity index (χ3n) is 6.76. The highest BCUT2D eigenvalue weighted by Gasteiger charge is 2.27. The van der Waals surface area contributed by atoms with Crippen molar-refractivity contribution >= 4 is 38.3 Å². The average molecular weight is 497 g/mol. The van der Waals surface area contributed by atoms with Gasteiger partial charge in [-0.3, -0.25) is 9.10 Å². The largest absolute Gasteiger partial charge is 0.327 e. The van der Waals surface area contributed by atoms with Crippen LogP contribution in [0.4, 0.5) is 11.4 Å². The highest BCUT2D eigenvalue weighted by atomic mass is 32.2. The first kappa shape index (κ1) is 25.2. The predicted octanol–water partition coefficient (Wildman–Crippen LogP) is 5.70. The van der Waals surface area contributed by atoms with Gasteiger partial charge in [0.1, 0.15) is 5.82 Å². The minimum Gasteiger partial charge on any atom is -0.327 e. The first-order valence-corrected chi connectivity index (χ1v) is 13.8. The molecule has 35 heavy (non-hydrogen) atoms. The number of nitrogens with zero attached hydrogens (tertiary/aromatic N) is 3. The molecule has 0 aliphatic heterocycles. The lowest BCUT2D eigenvalue weighted by atomic mass is 9.88. The van der Waals surface area contributed by atoms with E-state index in [9.17, 15) is 13.2 Å². The van der Waals surface area contributed by atoms with Crippen molar-refractivity contribution in [2.24, 2.45) is 5.92 Å². The van der Waals surface area contributed by atoms with E-state index < -0.39 is 10.0 Å². The zero-order valence-electron chi connectivity index (χ0n) is 21.3. The lowest BCUT2D eigenvalue weighted by molar-refractivity contribution is -0.114. The number of hydrogen-bond donors (Lipinski definition) is 1.